The van der Waals surface area contributed by atoms with Gasteiger partial charge in [-0.25, -0.2) is 4.79 Å². The van der Waals surface area contributed by atoms with E-state index in [4.69, 9.17) is 0 Å². The number of aryl methyl sites for hydroxylation is 1. The van der Waals surface area contributed by atoms with E-state index in [1.54, 1.807) is 23.9 Å². The Kier molecular flexibility index (Phi) is 4.83. The number of piperidine rings is 1. The Hall–Kier alpha value is -2.04. The van der Waals surface area contributed by atoms with Gasteiger partial charge in [0.2, 0.25) is 5.91 Å². The van der Waals surface area contributed by atoms with E-state index in [1.807, 2.05) is 31.2 Å². The smallest absolute Gasteiger partial charge is 0.319 e. The minimum Gasteiger partial charge on any atom is -0.331 e. The van der Waals surface area contributed by atoms with Crippen LogP contribution in [-0.2, 0) is 4.79 Å². The number of anilines is 1. The van der Waals surface area contributed by atoms with Crippen molar-refractivity contribution in [3.63, 3.8) is 0 Å². The van der Waals surface area contributed by atoms with Crippen molar-refractivity contribution in [3.8, 4) is 0 Å². The molecule has 1 saturated heterocycles. The van der Waals surface area contributed by atoms with E-state index in [-0.39, 0.29) is 17.9 Å². The Balaban J connectivity index is 1.97. The first kappa shape index (κ1) is 15.4. The van der Waals surface area contributed by atoms with Crippen molar-refractivity contribution in [1.82, 2.24) is 9.80 Å². The number of carbonyl (C=O) groups is 2. The summed E-state index contributed by atoms with van der Waals surface area (Å²) in [6.45, 7) is 3.22. The van der Waals surface area contributed by atoms with Gasteiger partial charge in [-0.05, 0) is 37.5 Å². The first-order valence-corrected chi connectivity index (χ1v) is 7.31. The zero-order chi connectivity index (χ0) is 15.4. The number of nitrogens with zero attached hydrogens (tertiary/aromatic N) is 2. The number of urea groups is 1. The highest BCUT2D eigenvalue weighted by Gasteiger charge is 2.29. The Morgan fingerprint density at radius 3 is 2.76 bits per heavy atom. The molecule has 0 bridgehead atoms. The predicted molar refractivity (Wildman–Crippen MR) is 83.2 cm³/mol. The molecule has 0 aliphatic carbocycles. The topological polar surface area (TPSA) is 52.7 Å². The molecule has 1 unspecified atom stereocenters. The van der Waals surface area contributed by atoms with E-state index in [0.29, 0.717) is 6.54 Å². The molecule has 5 nitrogen and oxygen atoms in total. The number of rotatable bonds is 2. The molecule has 0 saturated carbocycles. The molecule has 1 aromatic carbocycles. The maximum atomic E-state index is 12.4. The number of benzene rings is 1. The van der Waals surface area contributed by atoms with Crippen LogP contribution in [0, 0.1) is 12.8 Å². The van der Waals surface area contributed by atoms with Gasteiger partial charge in [0.25, 0.3) is 0 Å². The van der Waals surface area contributed by atoms with Crippen molar-refractivity contribution in [2.45, 2.75) is 19.8 Å². The predicted octanol–water partition coefficient (Wildman–Crippen LogP) is 2.33. The molecule has 2 rings (SSSR count). The Bertz CT molecular complexity index is 528. The number of amides is 3. The van der Waals surface area contributed by atoms with Gasteiger partial charge >= 0.3 is 6.03 Å². The van der Waals surface area contributed by atoms with Crippen LogP contribution in [0.5, 0.6) is 0 Å². The first-order chi connectivity index (χ1) is 9.97. The van der Waals surface area contributed by atoms with E-state index in [0.717, 1.165) is 30.6 Å². The number of hydrogen-bond donors (Lipinski definition) is 1. The number of likely N-dealkylation sites (tertiary alicyclic amines) is 1. The average Bonchev–Trinajstić information content (AvgIpc) is 2.46. The minimum atomic E-state index is -0.136. The van der Waals surface area contributed by atoms with Gasteiger partial charge in [-0.15, -0.1) is 0 Å². The molecule has 21 heavy (non-hydrogen) atoms. The monoisotopic (exact) mass is 289 g/mol. The second kappa shape index (κ2) is 6.61. The van der Waals surface area contributed by atoms with Crippen molar-refractivity contribution < 1.29 is 9.59 Å². The molecule has 0 spiro atoms. The fourth-order valence-corrected chi connectivity index (χ4v) is 2.61. The fraction of sp³-hybridized carbons (Fsp3) is 0.500. The van der Waals surface area contributed by atoms with Gasteiger partial charge in [0, 0.05) is 32.9 Å². The highest BCUT2D eigenvalue weighted by Crippen LogP contribution is 2.20. The molecule has 1 fully saturated rings. The summed E-state index contributed by atoms with van der Waals surface area (Å²) in [7, 11) is 3.47. The van der Waals surface area contributed by atoms with Crippen LogP contribution in [0.25, 0.3) is 0 Å². The largest absolute Gasteiger partial charge is 0.331 e. The summed E-state index contributed by atoms with van der Waals surface area (Å²) in [5.41, 5.74) is 1.93. The summed E-state index contributed by atoms with van der Waals surface area (Å²) in [6, 6.07) is 7.73. The average molecular weight is 289 g/mol. The van der Waals surface area contributed by atoms with Crippen LogP contribution in [0.3, 0.4) is 0 Å². The molecule has 1 aromatic rings. The Morgan fingerprint density at radius 1 is 1.33 bits per heavy atom. The third kappa shape index (κ3) is 3.97. The van der Waals surface area contributed by atoms with Gasteiger partial charge in [-0.3, -0.25) is 4.79 Å². The van der Waals surface area contributed by atoms with Crippen LogP contribution >= 0.6 is 0 Å². The molecule has 5 heteroatoms. The highest BCUT2D eigenvalue weighted by molar-refractivity contribution is 5.93. The maximum absolute atomic E-state index is 12.4. The summed E-state index contributed by atoms with van der Waals surface area (Å²) in [5.74, 6) is -0.139. The number of nitrogens with one attached hydrogen (secondary N) is 1. The van der Waals surface area contributed by atoms with Crippen molar-refractivity contribution in [3.05, 3.63) is 29.8 Å². The summed E-state index contributed by atoms with van der Waals surface area (Å²) in [6.07, 6.45) is 1.69. The summed E-state index contributed by atoms with van der Waals surface area (Å²) >= 11 is 0. The van der Waals surface area contributed by atoms with Crippen LogP contribution in [0.4, 0.5) is 10.5 Å². The van der Waals surface area contributed by atoms with Crippen molar-refractivity contribution >= 4 is 17.6 Å². The summed E-state index contributed by atoms with van der Waals surface area (Å²) in [4.78, 5) is 27.7. The number of carbonyl (C=O) groups excluding carboxylic acids is 2. The lowest BCUT2D eigenvalue weighted by atomic mass is 9.97. The fourth-order valence-electron chi connectivity index (χ4n) is 2.61. The van der Waals surface area contributed by atoms with E-state index >= 15 is 0 Å². The molecule has 1 N–H and O–H groups in total. The Labute approximate surface area is 125 Å². The van der Waals surface area contributed by atoms with Crippen molar-refractivity contribution in [2.24, 2.45) is 5.92 Å². The standard InChI is InChI=1S/C16H23N3O2/c1-12-6-4-8-14(10-12)17-15(20)13-7-5-9-19(11-13)16(21)18(2)3/h4,6,8,10,13H,5,7,9,11H2,1-3H3,(H,17,20). The van der Waals surface area contributed by atoms with E-state index < -0.39 is 0 Å². The van der Waals surface area contributed by atoms with Crippen LogP contribution < -0.4 is 5.32 Å². The third-order valence-electron chi connectivity index (χ3n) is 3.73. The van der Waals surface area contributed by atoms with Gasteiger partial charge in [0.05, 0.1) is 5.92 Å². The molecule has 3 amide bonds. The van der Waals surface area contributed by atoms with Crippen LogP contribution in [0.2, 0.25) is 0 Å². The van der Waals surface area contributed by atoms with Crippen LogP contribution in [0.15, 0.2) is 24.3 Å². The van der Waals surface area contributed by atoms with E-state index in [9.17, 15) is 9.59 Å². The number of hydrogen-bond acceptors (Lipinski definition) is 2. The minimum absolute atomic E-state index is 0.00291. The second-order valence-electron chi connectivity index (χ2n) is 5.82. The second-order valence-corrected chi connectivity index (χ2v) is 5.82. The molecular formula is C16H23N3O2. The van der Waals surface area contributed by atoms with Gasteiger partial charge in [-0.2, -0.15) is 0 Å². The SMILES string of the molecule is Cc1cccc(NC(=O)C2CCCN(C(=O)N(C)C)C2)c1. The highest BCUT2D eigenvalue weighted by atomic mass is 16.2. The molecule has 1 aliphatic heterocycles. The first-order valence-electron chi connectivity index (χ1n) is 7.31. The van der Waals surface area contributed by atoms with Gasteiger partial charge in [0.1, 0.15) is 0 Å². The van der Waals surface area contributed by atoms with E-state index in [1.165, 1.54) is 0 Å². The summed E-state index contributed by atoms with van der Waals surface area (Å²) in [5, 5.41) is 2.95. The maximum Gasteiger partial charge on any atom is 0.319 e. The molecule has 1 heterocycles. The van der Waals surface area contributed by atoms with Crippen LogP contribution in [-0.4, -0.2) is 48.9 Å². The molecule has 1 atom stereocenters. The van der Waals surface area contributed by atoms with Crippen molar-refractivity contribution in [2.75, 3.05) is 32.5 Å². The van der Waals surface area contributed by atoms with Crippen LogP contribution in [0.1, 0.15) is 18.4 Å². The van der Waals surface area contributed by atoms with Gasteiger partial charge in [-0.1, -0.05) is 12.1 Å². The lowest BCUT2D eigenvalue weighted by Gasteiger charge is -2.33. The molecular weight excluding hydrogens is 266 g/mol. The van der Waals surface area contributed by atoms with E-state index in [2.05, 4.69) is 5.32 Å². The quantitative estimate of drug-likeness (QED) is 0.908. The summed E-state index contributed by atoms with van der Waals surface area (Å²) < 4.78 is 0. The Morgan fingerprint density at radius 2 is 2.10 bits per heavy atom. The molecule has 0 aromatic heterocycles. The van der Waals surface area contributed by atoms with Crippen molar-refractivity contribution in [1.29, 1.82) is 0 Å². The third-order valence-corrected chi connectivity index (χ3v) is 3.73. The zero-order valence-electron chi connectivity index (χ0n) is 12.9. The molecule has 1 aliphatic rings. The lowest BCUT2D eigenvalue weighted by molar-refractivity contribution is -0.121. The normalized spacial score (nSPS) is 18.2. The van der Waals surface area contributed by atoms with Gasteiger partial charge in [0.15, 0.2) is 0 Å². The lowest BCUT2D eigenvalue weighted by Crippen LogP contribution is -2.47. The molecule has 114 valence electrons. The zero-order valence-corrected chi connectivity index (χ0v) is 12.9. The molecule has 0 radical (unpaired) electrons. The van der Waals surface area contributed by atoms with Gasteiger partial charge < -0.3 is 15.1 Å².